The predicted octanol–water partition coefficient (Wildman–Crippen LogP) is 2.49. The maximum absolute atomic E-state index is 3.30. The summed E-state index contributed by atoms with van der Waals surface area (Å²) >= 11 is 0. The Morgan fingerprint density at radius 1 is 1.43 bits per heavy atom. The molecular formula is C13H19N. The molecule has 1 nitrogen and oxygen atoms in total. The Kier molecular flexibility index (Phi) is 2.60. The maximum atomic E-state index is 3.30. The summed E-state index contributed by atoms with van der Waals surface area (Å²) in [4.78, 5) is 0. The van der Waals surface area contributed by atoms with Gasteiger partial charge in [0.25, 0.3) is 0 Å². The molecule has 0 fully saturated rings. The molecule has 0 spiro atoms. The van der Waals surface area contributed by atoms with Crippen LogP contribution in [0.25, 0.3) is 0 Å². The standard InChI is InChI=1S/C13H19N/c1-9-4-5-12-11(6-9)7-10(2)13(12)8-14-3/h4-6,10,13-14H,7-8H2,1-3H3. The fourth-order valence-corrected chi connectivity index (χ4v) is 2.60. The molecule has 1 aliphatic carbocycles. The lowest BCUT2D eigenvalue weighted by atomic mass is 9.94. The van der Waals surface area contributed by atoms with Crippen molar-refractivity contribution in [1.82, 2.24) is 5.32 Å². The van der Waals surface area contributed by atoms with Crippen molar-refractivity contribution in [2.75, 3.05) is 13.6 Å². The van der Waals surface area contributed by atoms with Crippen LogP contribution < -0.4 is 5.32 Å². The first-order valence-electron chi connectivity index (χ1n) is 5.46. The highest BCUT2D eigenvalue weighted by molar-refractivity contribution is 5.39. The summed E-state index contributed by atoms with van der Waals surface area (Å²) in [6.45, 7) is 5.64. The molecule has 0 aliphatic heterocycles. The van der Waals surface area contributed by atoms with Crippen molar-refractivity contribution in [3.8, 4) is 0 Å². The van der Waals surface area contributed by atoms with E-state index in [1.165, 1.54) is 12.0 Å². The summed E-state index contributed by atoms with van der Waals surface area (Å²) in [6.07, 6.45) is 1.25. The Labute approximate surface area is 86.5 Å². The molecule has 1 aromatic carbocycles. The molecule has 2 atom stereocenters. The normalized spacial score (nSPS) is 25.1. The van der Waals surface area contributed by atoms with Gasteiger partial charge < -0.3 is 5.32 Å². The SMILES string of the molecule is CNCC1c2ccc(C)cc2CC1C. The van der Waals surface area contributed by atoms with Gasteiger partial charge in [0.05, 0.1) is 0 Å². The van der Waals surface area contributed by atoms with Gasteiger partial charge in [0.1, 0.15) is 0 Å². The minimum atomic E-state index is 0.718. The Hall–Kier alpha value is -0.820. The van der Waals surface area contributed by atoms with Gasteiger partial charge in [-0.1, -0.05) is 30.7 Å². The highest BCUT2D eigenvalue weighted by Gasteiger charge is 2.28. The van der Waals surface area contributed by atoms with Crippen molar-refractivity contribution in [2.45, 2.75) is 26.2 Å². The van der Waals surface area contributed by atoms with E-state index >= 15 is 0 Å². The van der Waals surface area contributed by atoms with Gasteiger partial charge in [0, 0.05) is 6.54 Å². The van der Waals surface area contributed by atoms with Crippen LogP contribution in [-0.2, 0) is 6.42 Å². The third-order valence-electron chi connectivity index (χ3n) is 3.35. The molecule has 2 rings (SSSR count). The van der Waals surface area contributed by atoms with E-state index in [1.807, 2.05) is 7.05 Å². The number of aryl methyl sites for hydroxylation is 1. The molecule has 0 amide bonds. The molecule has 0 aromatic heterocycles. The molecule has 76 valence electrons. The van der Waals surface area contributed by atoms with E-state index in [4.69, 9.17) is 0 Å². The summed E-state index contributed by atoms with van der Waals surface area (Å²) in [7, 11) is 2.04. The van der Waals surface area contributed by atoms with Crippen molar-refractivity contribution in [3.63, 3.8) is 0 Å². The van der Waals surface area contributed by atoms with E-state index in [0.717, 1.165) is 18.4 Å². The first kappa shape index (κ1) is 9.72. The zero-order chi connectivity index (χ0) is 10.1. The molecule has 1 N–H and O–H groups in total. The number of hydrogen-bond acceptors (Lipinski definition) is 1. The molecule has 0 bridgehead atoms. The highest BCUT2D eigenvalue weighted by atomic mass is 14.8. The summed E-state index contributed by atoms with van der Waals surface area (Å²) in [5, 5.41) is 3.30. The number of hydrogen-bond donors (Lipinski definition) is 1. The highest BCUT2D eigenvalue weighted by Crippen LogP contribution is 2.37. The lowest BCUT2D eigenvalue weighted by Crippen LogP contribution is -2.19. The molecule has 0 radical (unpaired) electrons. The Morgan fingerprint density at radius 2 is 2.21 bits per heavy atom. The van der Waals surface area contributed by atoms with Gasteiger partial charge in [-0.05, 0) is 43.4 Å². The summed E-state index contributed by atoms with van der Waals surface area (Å²) in [5.74, 6) is 1.51. The van der Waals surface area contributed by atoms with Crippen LogP contribution in [0.4, 0.5) is 0 Å². The minimum absolute atomic E-state index is 0.718. The average Bonchev–Trinajstić information content (AvgIpc) is 2.43. The van der Waals surface area contributed by atoms with Crippen LogP contribution in [0.2, 0.25) is 0 Å². The maximum Gasteiger partial charge on any atom is 0.00199 e. The summed E-state index contributed by atoms with van der Waals surface area (Å²) in [5.41, 5.74) is 4.52. The van der Waals surface area contributed by atoms with Crippen LogP contribution in [0.5, 0.6) is 0 Å². The first-order valence-corrected chi connectivity index (χ1v) is 5.46. The summed E-state index contributed by atoms with van der Waals surface area (Å²) < 4.78 is 0. The Balaban J connectivity index is 2.33. The second-order valence-electron chi connectivity index (χ2n) is 4.55. The average molecular weight is 189 g/mol. The number of nitrogens with one attached hydrogen (secondary N) is 1. The van der Waals surface area contributed by atoms with E-state index in [1.54, 1.807) is 11.1 Å². The zero-order valence-corrected chi connectivity index (χ0v) is 9.30. The number of fused-ring (bicyclic) bond motifs is 1. The van der Waals surface area contributed by atoms with Crippen LogP contribution in [-0.4, -0.2) is 13.6 Å². The molecular weight excluding hydrogens is 170 g/mol. The minimum Gasteiger partial charge on any atom is -0.319 e. The molecule has 14 heavy (non-hydrogen) atoms. The van der Waals surface area contributed by atoms with Crippen LogP contribution in [0.3, 0.4) is 0 Å². The second-order valence-corrected chi connectivity index (χ2v) is 4.55. The lowest BCUT2D eigenvalue weighted by Gasteiger charge is -2.15. The molecule has 0 saturated carbocycles. The number of rotatable bonds is 2. The van der Waals surface area contributed by atoms with Gasteiger partial charge >= 0.3 is 0 Å². The second kappa shape index (κ2) is 3.74. The summed E-state index contributed by atoms with van der Waals surface area (Å²) in [6, 6.07) is 6.90. The van der Waals surface area contributed by atoms with Crippen molar-refractivity contribution >= 4 is 0 Å². The van der Waals surface area contributed by atoms with Gasteiger partial charge in [0.2, 0.25) is 0 Å². The Bertz CT molecular complexity index is 330. The molecule has 0 saturated heterocycles. The van der Waals surface area contributed by atoms with Gasteiger partial charge in [0.15, 0.2) is 0 Å². The zero-order valence-electron chi connectivity index (χ0n) is 9.30. The van der Waals surface area contributed by atoms with E-state index < -0.39 is 0 Å². The lowest BCUT2D eigenvalue weighted by molar-refractivity contribution is 0.480. The smallest absolute Gasteiger partial charge is 0.00199 e. The van der Waals surface area contributed by atoms with Gasteiger partial charge in [-0.2, -0.15) is 0 Å². The molecule has 1 aliphatic rings. The van der Waals surface area contributed by atoms with Crippen LogP contribution >= 0.6 is 0 Å². The monoisotopic (exact) mass is 189 g/mol. The first-order chi connectivity index (χ1) is 6.72. The fraction of sp³-hybridized carbons (Fsp3) is 0.538. The van der Waals surface area contributed by atoms with E-state index in [0.29, 0.717) is 0 Å². The third kappa shape index (κ3) is 1.57. The molecule has 1 heteroatoms. The van der Waals surface area contributed by atoms with Crippen molar-refractivity contribution < 1.29 is 0 Å². The Morgan fingerprint density at radius 3 is 2.93 bits per heavy atom. The largest absolute Gasteiger partial charge is 0.319 e. The quantitative estimate of drug-likeness (QED) is 0.753. The fourth-order valence-electron chi connectivity index (χ4n) is 2.60. The van der Waals surface area contributed by atoms with Crippen LogP contribution in [0.15, 0.2) is 18.2 Å². The van der Waals surface area contributed by atoms with E-state index in [2.05, 4.69) is 37.4 Å². The van der Waals surface area contributed by atoms with E-state index in [-0.39, 0.29) is 0 Å². The van der Waals surface area contributed by atoms with Gasteiger partial charge in [-0.25, -0.2) is 0 Å². The third-order valence-corrected chi connectivity index (χ3v) is 3.35. The topological polar surface area (TPSA) is 12.0 Å². The number of likely N-dealkylation sites (N-methyl/N-ethyl adjacent to an activating group) is 1. The van der Waals surface area contributed by atoms with Crippen LogP contribution in [0, 0.1) is 12.8 Å². The van der Waals surface area contributed by atoms with Crippen molar-refractivity contribution in [3.05, 3.63) is 34.9 Å². The van der Waals surface area contributed by atoms with Gasteiger partial charge in [-0.15, -0.1) is 0 Å². The van der Waals surface area contributed by atoms with E-state index in [9.17, 15) is 0 Å². The predicted molar refractivity (Wildman–Crippen MR) is 60.7 cm³/mol. The van der Waals surface area contributed by atoms with Gasteiger partial charge in [-0.3, -0.25) is 0 Å². The van der Waals surface area contributed by atoms with Crippen molar-refractivity contribution in [2.24, 2.45) is 5.92 Å². The molecule has 0 heterocycles. The van der Waals surface area contributed by atoms with Crippen molar-refractivity contribution in [1.29, 1.82) is 0 Å². The molecule has 1 aromatic rings. The number of benzene rings is 1. The molecule has 2 unspecified atom stereocenters. The van der Waals surface area contributed by atoms with Crippen LogP contribution in [0.1, 0.15) is 29.5 Å².